The summed E-state index contributed by atoms with van der Waals surface area (Å²) < 4.78 is 26.1. The van der Waals surface area contributed by atoms with Gasteiger partial charge in [0.2, 0.25) is 0 Å². The van der Waals surface area contributed by atoms with Crippen LogP contribution in [-0.4, -0.2) is 11.7 Å². The quantitative estimate of drug-likeness (QED) is 0.760. The van der Waals surface area contributed by atoms with Crippen LogP contribution in [0.2, 0.25) is 5.02 Å². The maximum Gasteiger partial charge on any atom is 0.144 e. The SMILES string of the molecule is CC(C)(CO)c1cc(Cl)c(F)cc1F. The Balaban J connectivity index is 3.29. The van der Waals surface area contributed by atoms with Gasteiger partial charge in [0.1, 0.15) is 11.6 Å². The van der Waals surface area contributed by atoms with Crippen LogP contribution >= 0.6 is 11.6 Å². The van der Waals surface area contributed by atoms with Crippen molar-refractivity contribution in [2.45, 2.75) is 19.3 Å². The summed E-state index contributed by atoms with van der Waals surface area (Å²) in [5.41, 5.74) is -0.548. The van der Waals surface area contributed by atoms with E-state index in [0.717, 1.165) is 6.07 Å². The summed E-state index contributed by atoms with van der Waals surface area (Å²) in [6, 6.07) is 1.94. The third-order valence-corrected chi connectivity index (χ3v) is 2.42. The summed E-state index contributed by atoms with van der Waals surface area (Å²) in [5, 5.41) is 8.89. The second-order valence-corrected chi connectivity index (χ2v) is 4.20. The Morgan fingerprint density at radius 2 is 1.86 bits per heavy atom. The van der Waals surface area contributed by atoms with Gasteiger partial charge >= 0.3 is 0 Å². The van der Waals surface area contributed by atoms with Crippen LogP contribution in [0.1, 0.15) is 19.4 Å². The van der Waals surface area contributed by atoms with Gasteiger partial charge in [0.05, 0.1) is 11.6 Å². The van der Waals surface area contributed by atoms with E-state index in [9.17, 15) is 8.78 Å². The van der Waals surface area contributed by atoms with Gasteiger partial charge in [0.15, 0.2) is 0 Å². The van der Waals surface area contributed by atoms with Gasteiger partial charge in [-0.15, -0.1) is 0 Å². The molecule has 1 aromatic carbocycles. The summed E-state index contributed by atoms with van der Waals surface area (Å²) in [6.45, 7) is 3.07. The van der Waals surface area contributed by atoms with Crippen LogP contribution in [0.4, 0.5) is 8.78 Å². The average Bonchev–Trinajstić information content (AvgIpc) is 2.11. The van der Waals surface area contributed by atoms with Crippen molar-refractivity contribution in [3.63, 3.8) is 0 Å². The standard InChI is InChI=1S/C10H11ClF2O/c1-10(2,5-14)6-3-7(11)9(13)4-8(6)12/h3-4,14H,5H2,1-2H3. The zero-order chi connectivity index (χ0) is 10.9. The van der Waals surface area contributed by atoms with Crippen molar-refractivity contribution in [1.82, 2.24) is 0 Å². The Bertz CT molecular complexity index is 350. The number of aliphatic hydroxyl groups is 1. The molecule has 0 aromatic heterocycles. The van der Waals surface area contributed by atoms with E-state index in [1.165, 1.54) is 6.07 Å². The first-order valence-electron chi connectivity index (χ1n) is 4.14. The fourth-order valence-corrected chi connectivity index (χ4v) is 1.29. The maximum absolute atomic E-state index is 13.3. The smallest absolute Gasteiger partial charge is 0.144 e. The van der Waals surface area contributed by atoms with E-state index >= 15 is 0 Å². The predicted molar refractivity (Wildman–Crippen MR) is 51.5 cm³/mol. The third-order valence-electron chi connectivity index (χ3n) is 2.13. The molecule has 1 N–H and O–H groups in total. The number of hydrogen-bond donors (Lipinski definition) is 1. The van der Waals surface area contributed by atoms with E-state index in [1.54, 1.807) is 13.8 Å². The van der Waals surface area contributed by atoms with Gasteiger partial charge in [-0.05, 0) is 11.6 Å². The Kier molecular flexibility index (Phi) is 3.12. The molecule has 0 amide bonds. The normalized spacial score (nSPS) is 11.9. The van der Waals surface area contributed by atoms with Crippen LogP contribution in [0, 0.1) is 11.6 Å². The van der Waals surface area contributed by atoms with Crippen molar-refractivity contribution in [2.24, 2.45) is 0 Å². The zero-order valence-corrected chi connectivity index (χ0v) is 8.70. The number of benzene rings is 1. The highest BCUT2D eigenvalue weighted by atomic mass is 35.5. The van der Waals surface area contributed by atoms with Crippen molar-refractivity contribution >= 4 is 11.6 Å². The van der Waals surface area contributed by atoms with Gasteiger partial charge in [-0.2, -0.15) is 0 Å². The summed E-state index contributed by atoms with van der Waals surface area (Å²) in [5.74, 6) is -1.48. The van der Waals surface area contributed by atoms with Crippen LogP contribution in [0.15, 0.2) is 12.1 Å². The molecule has 1 nitrogen and oxygen atoms in total. The second-order valence-electron chi connectivity index (χ2n) is 3.79. The summed E-state index contributed by atoms with van der Waals surface area (Å²) in [7, 11) is 0. The number of halogens is 3. The van der Waals surface area contributed by atoms with Crippen molar-refractivity contribution in [3.05, 3.63) is 34.4 Å². The van der Waals surface area contributed by atoms with E-state index in [2.05, 4.69) is 0 Å². The van der Waals surface area contributed by atoms with E-state index in [4.69, 9.17) is 16.7 Å². The molecular formula is C10H11ClF2O. The first-order valence-corrected chi connectivity index (χ1v) is 4.52. The molecule has 0 radical (unpaired) electrons. The maximum atomic E-state index is 13.3. The van der Waals surface area contributed by atoms with Gasteiger partial charge in [-0.25, -0.2) is 8.78 Å². The van der Waals surface area contributed by atoms with Crippen molar-refractivity contribution < 1.29 is 13.9 Å². The Morgan fingerprint density at radius 1 is 1.29 bits per heavy atom. The van der Waals surface area contributed by atoms with Gasteiger partial charge in [0, 0.05) is 11.5 Å². The molecule has 0 fully saturated rings. The molecule has 0 heterocycles. The summed E-state index contributed by atoms with van der Waals surface area (Å²) in [4.78, 5) is 0. The van der Waals surface area contributed by atoms with Crippen molar-refractivity contribution in [2.75, 3.05) is 6.61 Å². The van der Waals surface area contributed by atoms with Crippen molar-refractivity contribution in [1.29, 1.82) is 0 Å². The molecule has 78 valence electrons. The van der Waals surface area contributed by atoms with Crippen LogP contribution < -0.4 is 0 Å². The lowest BCUT2D eigenvalue weighted by molar-refractivity contribution is 0.215. The fourth-order valence-electron chi connectivity index (χ4n) is 1.13. The summed E-state index contributed by atoms with van der Waals surface area (Å²) in [6.07, 6.45) is 0. The van der Waals surface area contributed by atoms with E-state index in [0.29, 0.717) is 0 Å². The molecule has 1 rings (SSSR count). The number of aliphatic hydroxyl groups excluding tert-OH is 1. The van der Waals surface area contributed by atoms with E-state index in [-0.39, 0.29) is 17.2 Å². The largest absolute Gasteiger partial charge is 0.395 e. The van der Waals surface area contributed by atoms with Crippen LogP contribution in [0.3, 0.4) is 0 Å². The van der Waals surface area contributed by atoms with Crippen LogP contribution in [0.25, 0.3) is 0 Å². The van der Waals surface area contributed by atoms with Gasteiger partial charge in [-0.3, -0.25) is 0 Å². The topological polar surface area (TPSA) is 20.2 Å². The minimum Gasteiger partial charge on any atom is -0.395 e. The highest BCUT2D eigenvalue weighted by molar-refractivity contribution is 6.30. The lowest BCUT2D eigenvalue weighted by Crippen LogP contribution is -2.23. The minimum absolute atomic E-state index is 0.136. The molecule has 0 aliphatic rings. The number of rotatable bonds is 2. The summed E-state index contributed by atoms with van der Waals surface area (Å²) >= 11 is 5.53. The van der Waals surface area contributed by atoms with Crippen molar-refractivity contribution in [3.8, 4) is 0 Å². The predicted octanol–water partition coefficient (Wildman–Crippen LogP) is 2.89. The zero-order valence-electron chi connectivity index (χ0n) is 7.94. The Hall–Kier alpha value is -0.670. The molecule has 1 aromatic rings. The van der Waals surface area contributed by atoms with Gasteiger partial charge < -0.3 is 5.11 Å². The molecule has 0 saturated carbocycles. The van der Waals surface area contributed by atoms with Gasteiger partial charge in [-0.1, -0.05) is 25.4 Å². The number of hydrogen-bond acceptors (Lipinski definition) is 1. The molecular weight excluding hydrogens is 210 g/mol. The lowest BCUT2D eigenvalue weighted by atomic mass is 9.85. The molecule has 0 spiro atoms. The van der Waals surface area contributed by atoms with Crippen LogP contribution in [-0.2, 0) is 5.41 Å². The van der Waals surface area contributed by atoms with Gasteiger partial charge in [0.25, 0.3) is 0 Å². The molecule has 0 atom stereocenters. The molecule has 0 bridgehead atoms. The second kappa shape index (κ2) is 3.83. The monoisotopic (exact) mass is 220 g/mol. The Morgan fingerprint density at radius 3 is 2.36 bits per heavy atom. The molecule has 0 unspecified atom stereocenters. The highest BCUT2D eigenvalue weighted by Crippen LogP contribution is 2.29. The molecule has 14 heavy (non-hydrogen) atoms. The molecule has 0 saturated heterocycles. The minimum atomic E-state index is -0.790. The first kappa shape index (κ1) is 11.4. The van der Waals surface area contributed by atoms with E-state index in [1.807, 2.05) is 0 Å². The third kappa shape index (κ3) is 2.04. The fraction of sp³-hybridized carbons (Fsp3) is 0.400. The molecule has 0 aliphatic carbocycles. The lowest BCUT2D eigenvalue weighted by Gasteiger charge is -2.23. The highest BCUT2D eigenvalue weighted by Gasteiger charge is 2.24. The van der Waals surface area contributed by atoms with Crippen LogP contribution in [0.5, 0.6) is 0 Å². The Labute approximate surface area is 86.3 Å². The average molecular weight is 221 g/mol. The molecule has 0 aliphatic heterocycles. The molecule has 4 heteroatoms. The first-order chi connectivity index (χ1) is 6.38. The van der Waals surface area contributed by atoms with E-state index < -0.39 is 17.0 Å².